The maximum Gasteiger partial charge on any atom is 0.239 e. The van der Waals surface area contributed by atoms with Gasteiger partial charge in [-0.2, -0.15) is 0 Å². The van der Waals surface area contributed by atoms with E-state index < -0.39 is 0 Å². The van der Waals surface area contributed by atoms with Crippen LogP contribution in [-0.4, -0.2) is 42.6 Å². The van der Waals surface area contributed by atoms with Gasteiger partial charge in [0.1, 0.15) is 0 Å². The van der Waals surface area contributed by atoms with E-state index in [-0.39, 0.29) is 12.5 Å². The van der Waals surface area contributed by atoms with Crippen LogP contribution in [0.5, 0.6) is 0 Å². The first-order valence-electron chi connectivity index (χ1n) is 7.52. The number of nitrogens with one attached hydrogen (secondary N) is 2. The summed E-state index contributed by atoms with van der Waals surface area (Å²) in [7, 11) is 1.82. The van der Waals surface area contributed by atoms with Crippen LogP contribution in [0, 0.1) is 5.92 Å². The minimum absolute atomic E-state index is 0.0107. The predicted octanol–water partition coefficient (Wildman–Crippen LogP) is 1.18. The number of hydrogen-bond acceptors (Lipinski definition) is 5. The molecule has 0 radical (unpaired) electrons. The van der Waals surface area contributed by atoms with Crippen molar-refractivity contribution in [1.29, 1.82) is 0 Å². The number of likely N-dealkylation sites (N-methyl/N-ethyl adjacent to an activating group) is 1. The maximum absolute atomic E-state index is 11.8. The van der Waals surface area contributed by atoms with Crippen molar-refractivity contribution in [2.45, 2.75) is 33.7 Å². The normalized spacial score (nSPS) is 10.7. The molecular formula is C15H27N5O. The summed E-state index contributed by atoms with van der Waals surface area (Å²) in [5.74, 6) is 1.00. The molecule has 1 aromatic heterocycles. The Morgan fingerprint density at radius 2 is 2.00 bits per heavy atom. The minimum atomic E-state index is -0.0107. The Labute approximate surface area is 127 Å². The van der Waals surface area contributed by atoms with Gasteiger partial charge in [0.25, 0.3) is 0 Å². The Morgan fingerprint density at radius 1 is 1.33 bits per heavy atom. The van der Waals surface area contributed by atoms with Crippen molar-refractivity contribution >= 4 is 11.9 Å². The summed E-state index contributed by atoms with van der Waals surface area (Å²) in [5, 5.41) is 6.18. The number of rotatable bonds is 9. The molecule has 0 spiro atoms. The Hall–Kier alpha value is -1.69. The Morgan fingerprint density at radius 3 is 2.57 bits per heavy atom. The summed E-state index contributed by atoms with van der Waals surface area (Å²) < 4.78 is 0. The van der Waals surface area contributed by atoms with Crippen LogP contribution in [0.4, 0.5) is 5.95 Å². The molecule has 0 aromatic carbocycles. The van der Waals surface area contributed by atoms with Gasteiger partial charge in [0.05, 0.1) is 6.54 Å². The molecule has 0 saturated carbocycles. The molecule has 1 rings (SSSR count). The molecule has 0 aliphatic carbocycles. The SMILES string of the molecule is CCCNCc1cnc(N(C)CC(=O)NCC(C)C)nc1. The first-order chi connectivity index (χ1) is 10.0. The zero-order valence-corrected chi connectivity index (χ0v) is 13.5. The van der Waals surface area contributed by atoms with Crippen molar-refractivity contribution in [2.24, 2.45) is 5.92 Å². The summed E-state index contributed by atoms with van der Waals surface area (Å²) in [6.45, 7) is 8.98. The second kappa shape index (κ2) is 9.28. The number of carbonyl (C=O) groups excluding carboxylic acids is 1. The van der Waals surface area contributed by atoms with E-state index in [0.29, 0.717) is 18.4 Å². The van der Waals surface area contributed by atoms with Crippen LogP contribution >= 0.6 is 0 Å². The lowest BCUT2D eigenvalue weighted by Crippen LogP contribution is -2.37. The van der Waals surface area contributed by atoms with Crippen molar-refractivity contribution < 1.29 is 4.79 Å². The summed E-state index contributed by atoms with van der Waals surface area (Å²) in [6, 6.07) is 0. The highest BCUT2D eigenvalue weighted by Gasteiger charge is 2.09. The van der Waals surface area contributed by atoms with Gasteiger partial charge in [0.15, 0.2) is 0 Å². The third-order valence-electron chi connectivity index (χ3n) is 2.88. The molecule has 1 heterocycles. The molecule has 0 fully saturated rings. The molecule has 0 aliphatic rings. The average Bonchev–Trinajstić information content (AvgIpc) is 2.46. The molecule has 21 heavy (non-hydrogen) atoms. The first-order valence-corrected chi connectivity index (χ1v) is 7.52. The lowest BCUT2D eigenvalue weighted by molar-refractivity contribution is -0.119. The van der Waals surface area contributed by atoms with Crippen LogP contribution in [-0.2, 0) is 11.3 Å². The number of carbonyl (C=O) groups is 1. The van der Waals surface area contributed by atoms with E-state index in [1.807, 2.05) is 7.05 Å². The lowest BCUT2D eigenvalue weighted by atomic mass is 10.2. The van der Waals surface area contributed by atoms with Crippen molar-refractivity contribution in [1.82, 2.24) is 20.6 Å². The predicted molar refractivity (Wildman–Crippen MR) is 85.1 cm³/mol. The minimum Gasteiger partial charge on any atom is -0.354 e. The molecule has 0 saturated heterocycles. The van der Waals surface area contributed by atoms with E-state index in [9.17, 15) is 4.79 Å². The number of nitrogens with zero attached hydrogens (tertiary/aromatic N) is 3. The zero-order chi connectivity index (χ0) is 15.7. The number of hydrogen-bond donors (Lipinski definition) is 2. The van der Waals surface area contributed by atoms with Gasteiger partial charge >= 0.3 is 0 Å². The number of anilines is 1. The molecule has 0 bridgehead atoms. The topological polar surface area (TPSA) is 70.2 Å². The maximum atomic E-state index is 11.8. The molecule has 0 atom stereocenters. The van der Waals surface area contributed by atoms with Crippen molar-refractivity contribution in [2.75, 3.05) is 31.6 Å². The molecule has 2 N–H and O–H groups in total. The summed E-state index contributed by atoms with van der Waals surface area (Å²) >= 11 is 0. The van der Waals surface area contributed by atoms with E-state index >= 15 is 0 Å². The number of amides is 1. The molecule has 0 unspecified atom stereocenters. The van der Waals surface area contributed by atoms with Gasteiger partial charge in [-0.05, 0) is 18.9 Å². The standard InChI is InChI=1S/C15H27N5O/c1-5-6-16-8-13-9-18-15(19-10-13)20(4)11-14(21)17-7-12(2)3/h9-10,12,16H,5-8,11H2,1-4H3,(H,17,21). The molecule has 1 aromatic rings. The van der Waals surface area contributed by atoms with Crippen molar-refractivity contribution in [3.8, 4) is 0 Å². The van der Waals surface area contributed by atoms with Crippen LogP contribution < -0.4 is 15.5 Å². The van der Waals surface area contributed by atoms with Gasteiger partial charge in [-0.1, -0.05) is 20.8 Å². The quantitative estimate of drug-likeness (QED) is 0.669. The molecule has 118 valence electrons. The van der Waals surface area contributed by atoms with Crippen molar-refractivity contribution in [3.05, 3.63) is 18.0 Å². The van der Waals surface area contributed by atoms with Gasteiger partial charge in [-0.3, -0.25) is 4.79 Å². The Kier molecular flexibility index (Phi) is 7.68. The van der Waals surface area contributed by atoms with E-state index in [4.69, 9.17) is 0 Å². The highest BCUT2D eigenvalue weighted by Crippen LogP contribution is 2.04. The fourth-order valence-corrected chi connectivity index (χ4v) is 1.71. The third kappa shape index (κ3) is 7.04. The molecule has 1 amide bonds. The smallest absolute Gasteiger partial charge is 0.239 e. The third-order valence-corrected chi connectivity index (χ3v) is 2.88. The first kappa shape index (κ1) is 17.4. The van der Waals surface area contributed by atoms with Gasteiger partial charge in [0, 0.05) is 38.1 Å². The number of aromatic nitrogens is 2. The summed E-state index contributed by atoms with van der Waals surface area (Å²) in [6.07, 6.45) is 4.70. The van der Waals surface area contributed by atoms with Gasteiger partial charge in [0.2, 0.25) is 11.9 Å². The molecular weight excluding hydrogens is 266 g/mol. The van der Waals surface area contributed by atoms with Crippen LogP contribution in [0.3, 0.4) is 0 Å². The largest absolute Gasteiger partial charge is 0.354 e. The summed E-state index contributed by atoms with van der Waals surface area (Å²) in [4.78, 5) is 22.1. The fourth-order valence-electron chi connectivity index (χ4n) is 1.71. The second-order valence-corrected chi connectivity index (χ2v) is 5.62. The zero-order valence-electron chi connectivity index (χ0n) is 13.5. The van der Waals surface area contributed by atoms with Gasteiger partial charge in [-0.15, -0.1) is 0 Å². The van der Waals surface area contributed by atoms with Crippen molar-refractivity contribution in [3.63, 3.8) is 0 Å². The second-order valence-electron chi connectivity index (χ2n) is 5.62. The average molecular weight is 293 g/mol. The van der Waals surface area contributed by atoms with Gasteiger partial charge < -0.3 is 15.5 Å². The monoisotopic (exact) mass is 293 g/mol. The highest BCUT2D eigenvalue weighted by atomic mass is 16.2. The Balaban J connectivity index is 2.43. The van der Waals surface area contributed by atoms with E-state index in [1.165, 1.54) is 0 Å². The van der Waals surface area contributed by atoms with Crippen LogP contribution in [0.15, 0.2) is 12.4 Å². The lowest BCUT2D eigenvalue weighted by Gasteiger charge is -2.17. The molecule has 6 nitrogen and oxygen atoms in total. The van der Waals surface area contributed by atoms with E-state index in [2.05, 4.69) is 41.4 Å². The van der Waals surface area contributed by atoms with Crippen LogP contribution in [0.2, 0.25) is 0 Å². The van der Waals surface area contributed by atoms with E-state index in [1.54, 1.807) is 17.3 Å². The molecule has 0 aliphatic heterocycles. The molecule has 6 heteroatoms. The van der Waals surface area contributed by atoms with Crippen LogP contribution in [0.1, 0.15) is 32.8 Å². The fraction of sp³-hybridized carbons (Fsp3) is 0.667. The van der Waals surface area contributed by atoms with E-state index in [0.717, 1.165) is 25.1 Å². The highest BCUT2D eigenvalue weighted by molar-refractivity contribution is 5.80. The van der Waals surface area contributed by atoms with Crippen LogP contribution in [0.25, 0.3) is 0 Å². The Bertz CT molecular complexity index is 419. The summed E-state index contributed by atoms with van der Waals surface area (Å²) in [5.41, 5.74) is 1.05. The van der Waals surface area contributed by atoms with Gasteiger partial charge in [-0.25, -0.2) is 9.97 Å².